The third-order valence-corrected chi connectivity index (χ3v) is 6.47. The maximum atomic E-state index is 9.89. The summed E-state index contributed by atoms with van der Waals surface area (Å²) in [6.45, 7) is 0. The molecule has 4 heteroatoms. The Hall–Kier alpha value is -1.58. The molecule has 0 bridgehead atoms. The Labute approximate surface area is 192 Å². The molecule has 2 aliphatic carbocycles. The van der Waals surface area contributed by atoms with Crippen LogP contribution in [-0.4, -0.2) is 27.4 Å². The summed E-state index contributed by atoms with van der Waals surface area (Å²) < 4.78 is 0. The average molecular weight is 581 g/mol. The molecular weight excluding hydrogens is 551 g/mol. The van der Waals surface area contributed by atoms with E-state index in [-0.39, 0.29) is 38.2 Å². The van der Waals surface area contributed by atoms with Crippen molar-refractivity contribution in [1.29, 1.82) is 0 Å². The summed E-state index contributed by atoms with van der Waals surface area (Å²) in [6.07, 6.45) is 9.16. The van der Waals surface area contributed by atoms with E-state index in [0.717, 1.165) is 36.9 Å². The first kappa shape index (κ1) is 23.1. The Morgan fingerprint density at radius 2 is 1.50 bits per heavy atom. The monoisotopic (exact) mass is 581 g/mol. The summed E-state index contributed by atoms with van der Waals surface area (Å²) in [4.78, 5) is 4.45. The molecule has 2 saturated carbocycles. The summed E-state index contributed by atoms with van der Waals surface area (Å²) in [5.41, 5.74) is 2.04. The van der Waals surface area contributed by atoms with Crippen LogP contribution >= 0.6 is 0 Å². The Bertz CT molecular complexity index is 912. The summed E-state index contributed by atoms with van der Waals surface area (Å²) in [5.74, 6) is 0.789. The predicted octanol–water partition coefficient (Wildman–Crippen LogP) is 5.40. The molecule has 5 rings (SSSR count). The molecule has 2 fully saturated rings. The van der Waals surface area contributed by atoms with E-state index in [1.165, 1.54) is 30.0 Å². The van der Waals surface area contributed by atoms with Crippen LogP contribution in [0.25, 0.3) is 22.0 Å². The topological polar surface area (TPSA) is 53.4 Å². The second-order valence-corrected chi connectivity index (χ2v) is 8.34. The van der Waals surface area contributed by atoms with E-state index in [9.17, 15) is 10.2 Å². The second-order valence-electron chi connectivity index (χ2n) is 8.34. The van der Waals surface area contributed by atoms with Gasteiger partial charge in [0.2, 0.25) is 0 Å². The van der Waals surface area contributed by atoms with Crippen molar-refractivity contribution in [2.75, 3.05) is 0 Å². The molecule has 2 aliphatic rings. The maximum absolute atomic E-state index is 9.89. The van der Waals surface area contributed by atoms with Crippen LogP contribution in [-0.2, 0) is 20.1 Å². The number of benzene rings is 2. The van der Waals surface area contributed by atoms with Crippen molar-refractivity contribution in [3.63, 3.8) is 0 Å². The fourth-order valence-corrected chi connectivity index (χ4v) is 5.02. The molecular formula is C26H30IrNO2-. The minimum Gasteiger partial charge on any atom is -0.393 e. The summed E-state index contributed by atoms with van der Waals surface area (Å²) >= 11 is 0. The molecule has 0 saturated heterocycles. The van der Waals surface area contributed by atoms with E-state index in [2.05, 4.69) is 23.2 Å². The zero-order valence-electron chi connectivity index (χ0n) is 17.2. The molecule has 0 spiro atoms. The molecule has 2 N–H and O–H groups in total. The minimum atomic E-state index is -0.234. The zero-order valence-corrected chi connectivity index (χ0v) is 19.6. The molecule has 161 valence electrons. The van der Waals surface area contributed by atoms with Crippen LogP contribution in [0.4, 0.5) is 0 Å². The quantitative estimate of drug-likeness (QED) is 0.379. The molecule has 3 aromatic rings. The van der Waals surface area contributed by atoms with Gasteiger partial charge in [-0.3, -0.25) is 0 Å². The smallest absolute Gasteiger partial charge is 0.0595 e. The first-order valence-corrected chi connectivity index (χ1v) is 10.9. The number of aliphatic hydroxyl groups is 2. The van der Waals surface area contributed by atoms with Crippen LogP contribution in [0, 0.1) is 17.9 Å². The zero-order chi connectivity index (χ0) is 20.1. The van der Waals surface area contributed by atoms with Gasteiger partial charge in [-0.25, -0.2) is 0 Å². The fraction of sp³-hybridized carbons (Fsp3) is 0.423. The Morgan fingerprint density at radius 1 is 0.800 bits per heavy atom. The van der Waals surface area contributed by atoms with Crippen molar-refractivity contribution < 1.29 is 30.3 Å². The summed E-state index contributed by atoms with van der Waals surface area (Å²) in [6, 6.07) is 21.4. The molecule has 0 aliphatic heterocycles. The van der Waals surface area contributed by atoms with Crippen LogP contribution in [0.5, 0.6) is 0 Å². The van der Waals surface area contributed by atoms with Gasteiger partial charge in [-0.15, -0.1) is 35.9 Å². The van der Waals surface area contributed by atoms with Gasteiger partial charge in [0.25, 0.3) is 0 Å². The van der Waals surface area contributed by atoms with Crippen molar-refractivity contribution in [2.45, 2.75) is 57.2 Å². The van der Waals surface area contributed by atoms with E-state index < -0.39 is 0 Å². The van der Waals surface area contributed by atoms with Gasteiger partial charge in [0, 0.05) is 32.2 Å². The van der Waals surface area contributed by atoms with Crippen molar-refractivity contribution in [2.24, 2.45) is 11.8 Å². The molecule has 1 aromatic heterocycles. The third-order valence-electron chi connectivity index (χ3n) is 6.47. The van der Waals surface area contributed by atoms with Gasteiger partial charge in [-0.1, -0.05) is 43.5 Å². The van der Waals surface area contributed by atoms with Crippen molar-refractivity contribution in [3.8, 4) is 11.3 Å². The third kappa shape index (κ3) is 5.36. The van der Waals surface area contributed by atoms with E-state index >= 15 is 0 Å². The van der Waals surface area contributed by atoms with Crippen LogP contribution < -0.4 is 0 Å². The normalized spacial score (nSPS) is 25.8. The summed E-state index contributed by atoms with van der Waals surface area (Å²) in [7, 11) is 0. The van der Waals surface area contributed by atoms with E-state index in [0.29, 0.717) is 5.92 Å². The fourth-order valence-electron chi connectivity index (χ4n) is 5.02. The van der Waals surface area contributed by atoms with Gasteiger partial charge in [-0.05, 0) is 54.1 Å². The summed E-state index contributed by atoms with van der Waals surface area (Å²) in [5, 5.41) is 22.1. The Balaban J connectivity index is 0.000000169. The van der Waals surface area contributed by atoms with Gasteiger partial charge in [0.05, 0.1) is 12.2 Å². The molecule has 0 amide bonds. The van der Waals surface area contributed by atoms with Crippen molar-refractivity contribution >= 4 is 10.8 Å². The van der Waals surface area contributed by atoms with Crippen molar-refractivity contribution in [1.82, 2.24) is 4.98 Å². The van der Waals surface area contributed by atoms with E-state index in [1.54, 1.807) is 0 Å². The van der Waals surface area contributed by atoms with Gasteiger partial charge in [-0.2, -0.15) is 0 Å². The van der Waals surface area contributed by atoms with Gasteiger partial charge in [0.15, 0.2) is 0 Å². The molecule has 3 nitrogen and oxygen atoms in total. The largest absolute Gasteiger partial charge is 0.393 e. The number of aliphatic hydroxyl groups excluding tert-OH is 2. The van der Waals surface area contributed by atoms with Gasteiger partial charge >= 0.3 is 0 Å². The SMILES string of the molecule is OC1CCCCC2CCCC(O)C12.[Ir].[c-]1ccccc1-c1nccc2ccccc12. The van der Waals surface area contributed by atoms with Gasteiger partial charge in [0.1, 0.15) is 0 Å². The molecule has 4 unspecified atom stereocenters. The average Bonchev–Trinajstić information content (AvgIpc) is 2.96. The molecule has 30 heavy (non-hydrogen) atoms. The number of hydrogen-bond acceptors (Lipinski definition) is 3. The van der Waals surface area contributed by atoms with Crippen LogP contribution in [0.3, 0.4) is 0 Å². The first-order chi connectivity index (χ1) is 14.2. The van der Waals surface area contributed by atoms with Crippen molar-refractivity contribution in [3.05, 3.63) is 66.9 Å². The van der Waals surface area contributed by atoms with E-state index in [4.69, 9.17) is 0 Å². The van der Waals surface area contributed by atoms with E-state index in [1.807, 2.05) is 48.7 Å². The molecule has 4 atom stereocenters. The number of nitrogens with zero attached hydrogens (tertiary/aromatic N) is 1. The first-order valence-electron chi connectivity index (χ1n) is 10.9. The predicted molar refractivity (Wildman–Crippen MR) is 117 cm³/mol. The number of hydrogen-bond donors (Lipinski definition) is 2. The Morgan fingerprint density at radius 3 is 2.30 bits per heavy atom. The second kappa shape index (κ2) is 11.2. The molecule has 2 aromatic carbocycles. The number of fused-ring (bicyclic) bond motifs is 2. The maximum Gasteiger partial charge on any atom is 0.0595 e. The Kier molecular flexibility index (Phi) is 8.59. The van der Waals surface area contributed by atoms with Crippen LogP contribution in [0.2, 0.25) is 0 Å². The number of aromatic nitrogens is 1. The van der Waals surface area contributed by atoms with Gasteiger partial charge < -0.3 is 15.2 Å². The number of pyridine rings is 1. The number of rotatable bonds is 1. The van der Waals surface area contributed by atoms with Crippen LogP contribution in [0.1, 0.15) is 44.9 Å². The molecule has 1 heterocycles. The molecule has 1 radical (unpaired) electrons. The standard InChI is InChI=1S/C15H10N.C11H20O2.Ir/c1-2-7-13(8-3-1)15-14-9-5-4-6-12(14)10-11-16-15;12-9-6-2-1-4-8-5-3-7-10(13)11(8)9;/h1-7,9-11H;8-13H,1-7H2;/q-1;;. The van der Waals surface area contributed by atoms with Crippen LogP contribution in [0.15, 0.2) is 60.8 Å². The minimum absolute atomic E-state index is 0.